The molecule has 1 heterocycles. The van der Waals surface area contributed by atoms with Gasteiger partial charge >= 0.3 is 5.97 Å². The summed E-state index contributed by atoms with van der Waals surface area (Å²) in [6.07, 6.45) is 3.37. The van der Waals surface area contributed by atoms with Crippen LogP contribution in [0.25, 0.3) is 0 Å². The van der Waals surface area contributed by atoms with E-state index in [4.69, 9.17) is 5.11 Å². The first kappa shape index (κ1) is 13.7. The Balaban J connectivity index is 2.62. The summed E-state index contributed by atoms with van der Waals surface area (Å²) in [5.41, 5.74) is 0.693. The first-order chi connectivity index (χ1) is 8.04. The van der Waals surface area contributed by atoms with Crippen LogP contribution in [-0.4, -0.2) is 52.9 Å². The number of aryl methyl sites for hydroxylation is 1. The fourth-order valence-corrected chi connectivity index (χ4v) is 1.48. The molecule has 2 N–H and O–H groups in total. The molecule has 0 aliphatic carbocycles. The highest BCUT2D eigenvalue weighted by Crippen LogP contribution is 2.11. The number of hydrogen-bond donors (Lipinski definition) is 2. The molecule has 6 heteroatoms. The minimum absolute atomic E-state index is 0.626. The zero-order chi connectivity index (χ0) is 12.8. The van der Waals surface area contributed by atoms with E-state index in [1.54, 1.807) is 17.1 Å². The molecule has 1 atom stereocenters. The molecule has 6 nitrogen and oxygen atoms in total. The van der Waals surface area contributed by atoms with Crippen molar-refractivity contribution in [2.75, 3.05) is 27.2 Å². The average molecular weight is 240 g/mol. The number of aliphatic carboxylic acids is 1. The van der Waals surface area contributed by atoms with E-state index in [2.05, 4.69) is 10.4 Å². The standard InChI is InChI=1S/C11H20N4O2/c1-4-15-8-9(7-13-15)10(11(16)17)12-5-6-14(2)3/h7-8,10,12H,4-6H2,1-3H3,(H,16,17). The first-order valence-corrected chi connectivity index (χ1v) is 5.68. The van der Waals surface area contributed by atoms with Gasteiger partial charge in [-0.25, -0.2) is 0 Å². The molecule has 17 heavy (non-hydrogen) atoms. The third kappa shape index (κ3) is 4.16. The molecular weight excluding hydrogens is 220 g/mol. The molecule has 0 fully saturated rings. The highest BCUT2D eigenvalue weighted by molar-refractivity contribution is 5.75. The Kier molecular flexibility index (Phi) is 5.11. The summed E-state index contributed by atoms with van der Waals surface area (Å²) >= 11 is 0. The largest absolute Gasteiger partial charge is 0.480 e. The van der Waals surface area contributed by atoms with Crippen molar-refractivity contribution in [3.05, 3.63) is 18.0 Å². The van der Waals surface area contributed by atoms with E-state index in [-0.39, 0.29) is 0 Å². The number of nitrogens with one attached hydrogen (secondary N) is 1. The minimum atomic E-state index is -0.876. The van der Waals surface area contributed by atoms with Crippen LogP contribution in [0, 0.1) is 0 Å². The second kappa shape index (κ2) is 6.36. The lowest BCUT2D eigenvalue weighted by molar-refractivity contribution is -0.139. The lowest BCUT2D eigenvalue weighted by Gasteiger charge is -2.15. The Morgan fingerprint density at radius 2 is 2.35 bits per heavy atom. The molecule has 0 radical (unpaired) electrons. The maximum absolute atomic E-state index is 11.2. The van der Waals surface area contributed by atoms with Crippen LogP contribution < -0.4 is 5.32 Å². The third-order valence-electron chi connectivity index (χ3n) is 2.46. The molecule has 0 aromatic carbocycles. The number of nitrogens with zero attached hydrogens (tertiary/aromatic N) is 3. The second-order valence-corrected chi connectivity index (χ2v) is 4.16. The van der Waals surface area contributed by atoms with E-state index in [9.17, 15) is 4.79 Å². The fraction of sp³-hybridized carbons (Fsp3) is 0.636. The van der Waals surface area contributed by atoms with Gasteiger partial charge in [0.05, 0.1) is 6.20 Å². The number of carboxylic acid groups (broad SMARTS) is 1. The van der Waals surface area contributed by atoms with Gasteiger partial charge in [-0.3, -0.25) is 14.8 Å². The van der Waals surface area contributed by atoms with E-state index >= 15 is 0 Å². The topological polar surface area (TPSA) is 70.4 Å². The monoisotopic (exact) mass is 240 g/mol. The van der Waals surface area contributed by atoms with Crippen molar-refractivity contribution >= 4 is 5.97 Å². The molecule has 1 aromatic rings. The van der Waals surface area contributed by atoms with Gasteiger partial charge in [0.15, 0.2) is 0 Å². The lowest BCUT2D eigenvalue weighted by atomic mass is 10.1. The van der Waals surface area contributed by atoms with Gasteiger partial charge in [0.25, 0.3) is 0 Å². The predicted molar refractivity (Wildman–Crippen MR) is 64.8 cm³/mol. The van der Waals surface area contributed by atoms with Crippen molar-refractivity contribution in [2.24, 2.45) is 0 Å². The Morgan fingerprint density at radius 3 is 2.82 bits per heavy atom. The Morgan fingerprint density at radius 1 is 1.65 bits per heavy atom. The summed E-state index contributed by atoms with van der Waals surface area (Å²) in [7, 11) is 3.90. The van der Waals surface area contributed by atoms with Crippen LogP contribution in [-0.2, 0) is 11.3 Å². The average Bonchev–Trinajstić information content (AvgIpc) is 2.71. The van der Waals surface area contributed by atoms with Gasteiger partial charge < -0.3 is 10.0 Å². The quantitative estimate of drug-likeness (QED) is 0.711. The van der Waals surface area contributed by atoms with Crippen LogP contribution in [0.4, 0.5) is 0 Å². The smallest absolute Gasteiger partial charge is 0.325 e. The first-order valence-electron chi connectivity index (χ1n) is 5.68. The highest BCUT2D eigenvalue weighted by atomic mass is 16.4. The summed E-state index contributed by atoms with van der Waals surface area (Å²) in [4.78, 5) is 13.2. The van der Waals surface area contributed by atoms with Gasteiger partial charge in [0, 0.05) is 31.4 Å². The van der Waals surface area contributed by atoms with Gasteiger partial charge in [-0.1, -0.05) is 0 Å². The van der Waals surface area contributed by atoms with Crippen molar-refractivity contribution < 1.29 is 9.90 Å². The van der Waals surface area contributed by atoms with Crippen molar-refractivity contribution in [3.8, 4) is 0 Å². The van der Waals surface area contributed by atoms with Gasteiger partial charge in [-0.2, -0.15) is 5.10 Å². The van der Waals surface area contributed by atoms with Gasteiger partial charge in [0.2, 0.25) is 0 Å². The van der Waals surface area contributed by atoms with Crippen LogP contribution >= 0.6 is 0 Å². The molecule has 96 valence electrons. The van der Waals surface area contributed by atoms with Crippen LogP contribution in [0.3, 0.4) is 0 Å². The number of likely N-dealkylation sites (N-methyl/N-ethyl adjacent to an activating group) is 1. The zero-order valence-electron chi connectivity index (χ0n) is 10.6. The number of carboxylic acids is 1. The van der Waals surface area contributed by atoms with Crippen molar-refractivity contribution in [1.29, 1.82) is 0 Å². The summed E-state index contributed by atoms with van der Waals surface area (Å²) in [5.74, 6) is -0.876. The summed E-state index contributed by atoms with van der Waals surface area (Å²) in [6.45, 7) is 4.13. The van der Waals surface area contributed by atoms with Gasteiger partial charge in [-0.05, 0) is 21.0 Å². The summed E-state index contributed by atoms with van der Waals surface area (Å²) in [5, 5.41) is 16.3. The molecule has 1 unspecified atom stereocenters. The predicted octanol–water partition coefficient (Wildman–Crippen LogP) is 0.180. The molecular formula is C11H20N4O2. The molecule has 0 spiro atoms. The highest BCUT2D eigenvalue weighted by Gasteiger charge is 2.20. The van der Waals surface area contributed by atoms with Crippen molar-refractivity contribution in [1.82, 2.24) is 20.0 Å². The van der Waals surface area contributed by atoms with Crippen molar-refractivity contribution in [3.63, 3.8) is 0 Å². The molecule has 0 saturated carbocycles. The molecule has 0 aliphatic heterocycles. The van der Waals surface area contributed by atoms with Crippen LogP contribution in [0.2, 0.25) is 0 Å². The van der Waals surface area contributed by atoms with Gasteiger partial charge in [-0.15, -0.1) is 0 Å². The van der Waals surface area contributed by atoms with Crippen molar-refractivity contribution in [2.45, 2.75) is 19.5 Å². The number of hydrogen-bond acceptors (Lipinski definition) is 4. The summed E-state index contributed by atoms with van der Waals surface area (Å²) in [6, 6.07) is -0.685. The maximum Gasteiger partial charge on any atom is 0.325 e. The Labute approximate surface area is 101 Å². The van der Waals surface area contributed by atoms with E-state index in [1.165, 1.54) is 0 Å². The molecule has 0 aliphatic rings. The Bertz CT molecular complexity index is 362. The number of rotatable bonds is 7. The van der Waals surface area contributed by atoms with E-state index in [0.29, 0.717) is 12.1 Å². The normalized spacial score (nSPS) is 12.9. The van der Waals surface area contributed by atoms with E-state index in [0.717, 1.165) is 13.1 Å². The maximum atomic E-state index is 11.2. The molecule has 1 aromatic heterocycles. The van der Waals surface area contributed by atoms with E-state index in [1.807, 2.05) is 25.9 Å². The second-order valence-electron chi connectivity index (χ2n) is 4.16. The SMILES string of the molecule is CCn1cc(C(NCCN(C)C)C(=O)O)cn1. The molecule has 0 saturated heterocycles. The van der Waals surface area contributed by atoms with Crippen LogP contribution in [0.5, 0.6) is 0 Å². The van der Waals surface area contributed by atoms with E-state index < -0.39 is 12.0 Å². The van der Waals surface area contributed by atoms with Crippen LogP contribution in [0.1, 0.15) is 18.5 Å². The zero-order valence-corrected chi connectivity index (χ0v) is 10.6. The Hall–Kier alpha value is -1.40. The molecule has 1 rings (SSSR count). The third-order valence-corrected chi connectivity index (χ3v) is 2.46. The molecule has 0 amide bonds. The lowest BCUT2D eigenvalue weighted by Crippen LogP contribution is -2.33. The molecule has 0 bridgehead atoms. The fourth-order valence-electron chi connectivity index (χ4n) is 1.48. The summed E-state index contributed by atoms with van der Waals surface area (Å²) < 4.78 is 1.72. The van der Waals surface area contributed by atoms with Gasteiger partial charge in [0.1, 0.15) is 6.04 Å². The van der Waals surface area contributed by atoms with Crippen LogP contribution in [0.15, 0.2) is 12.4 Å². The number of aromatic nitrogens is 2. The minimum Gasteiger partial charge on any atom is -0.480 e. The number of carbonyl (C=O) groups is 1.